The van der Waals surface area contributed by atoms with E-state index in [0.29, 0.717) is 23.4 Å². The lowest BCUT2D eigenvalue weighted by Gasteiger charge is -2.13. The lowest BCUT2D eigenvalue weighted by atomic mass is 9.97. The van der Waals surface area contributed by atoms with E-state index in [1.165, 1.54) is 6.34 Å². The van der Waals surface area contributed by atoms with Crippen LogP contribution in [-0.4, -0.2) is 31.9 Å². The zero-order valence-electron chi connectivity index (χ0n) is 18.3. The molecule has 164 valence electrons. The van der Waals surface area contributed by atoms with E-state index >= 15 is 0 Å². The van der Waals surface area contributed by atoms with E-state index in [4.69, 9.17) is 10.5 Å². The number of amides is 1. The average molecular weight is 431 g/mol. The highest BCUT2D eigenvalue weighted by atomic mass is 16.5. The zero-order valence-corrected chi connectivity index (χ0v) is 18.3. The number of nitrogens with one attached hydrogen (secondary N) is 1. The van der Waals surface area contributed by atoms with E-state index in [1.54, 1.807) is 49.3 Å². The van der Waals surface area contributed by atoms with Crippen LogP contribution in [0.3, 0.4) is 0 Å². The van der Waals surface area contributed by atoms with Crippen molar-refractivity contribution >= 4 is 29.6 Å². The Morgan fingerprint density at radius 1 is 1.03 bits per heavy atom. The van der Waals surface area contributed by atoms with Gasteiger partial charge in [-0.25, -0.2) is 4.79 Å². The van der Waals surface area contributed by atoms with Gasteiger partial charge in [-0.1, -0.05) is 18.2 Å². The Labute approximate surface area is 187 Å². The molecule has 7 heteroatoms. The first-order chi connectivity index (χ1) is 15.4. The third kappa shape index (κ3) is 5.31. The number of carbonyl (C=O) groups is 2. The van der Waals surface area contributed by atoms with E-state index in [-0.39, 0.29) is 11.9 Å². The number of hydrogen-bond acceptors (Lipinski definition) is 5. The molecule has 0 saturated carbocycles. The minimum atomic E-state index is -0.351. The van der Waals surface area contributed by atoms with Crippen LogP contribution in [0.4, 0.5) is 11.4 Å². The summed E-state index contributed by atoms with van der Waals surface area (Å²) in [6.07, 6.45) is 1.22. The van der Waals surface area contributed by atoms with Gasteiger partial charge in [0.15, 0.2) is 0 Å². The number of rotatable bonds is 7. The molecular weight excluding hydrogens is 404 g/mol. The Morgan fingerprint density at radius 2 is 1.69 bits per heavy atom. The molecule has 0 aliphatic carbocycles. The molecule has 32 heavy (non-hydrogen) atoms. The van der Waals surface area contributed by atoms with Crippen LogP contribution in [0.1, 0.15) is 33.2 Å². The van der Waals surface area contributed by atoms with Crippen LogP contribution < -0.4 is 16.1 Å². The molecular formula is C25H26N4O3. The van der Waals surface area contributed by atoms with Gasteiger partial charge in [0, 0.05) is 18.3 Å². The van der Waals surface area contributed by atoms with Crippen molar-refractivity contribution < 1.29 is 14.3 Å². The molecule has 3 N–H and O–H groups in total. The minimum Gasteiger partial charge on any atom is -0.462 e. The third-order valence-corrected chi connectivity index (χ3v) is 4.95. The van der Waals surface area contributed by atoms with Crippen LogP contribution in [0, 0.1) is 6.92 Å². The fourth-order valence-electron chi connectivity index (χ4n) is 3.20. The molecule has 0 fully saturated rings. The molecule has 0 heterocycles. The number of aryl methyl sites for hydroxylation is 1. The first-order valence-electron chi connectivity index (χ1n) is 10.2. The topological polar surface area (TPSA) is 97.0 Å². The van der Waals surface area contributed by atoms with Gasteiger partial charge in [0.1, 0.15) is 6.34 Å². The van der Waals surface area contributed by atoms with Gasteiger partial charge in [0.05, 0.1) is 17.9 Å². The van der Waals surface area contributed by atoms with Crippen LogP contribution in [0.25, 0.3) is 11.1 Å². The first-order valence-corrected chi connectivity index (χ1v) is 10.2. The fraction of sp³-hybridized carbons (Fsp3) is 0.160. The largest absolute Gasteiger partial charge is 0.462 e. The van der Waals surface area contributed by atoms with Crippen LogP contribution in [0.2, 0.25) is 0 Å². The van der Waals surface area contributed by atoms with Gasteiger partial charge in [0.25, 0.3) is 5.91 Å². The first kappa shape index (κ1) is 22.6. The van der Waals surface area contributed by atoms with Crippen molar-refractivity contribution in [2.45, 2.75) is 13.8 Å². The standard InChI is InChI=1S/C25H26N4O3/c1-4-32-25(31)19-9-7-18(8-10-19)23-15-20(6-5-17(23)2)24(30)28-21-11-13-22(14-12-21)29(3)27-16-26/h5-16H,4H2,1-3H3,(H2,26,27)(H,28,30). The number of anilines is 2. The number of benzene rings is 3. The third-order valence-electron chi connectivity index (χ3n) is 4.95. The average Bonchev–Trinajstić information content (AvgIpc) is 2.80. The Balaban J connectivity index is 1.77. The molecule has 0 unspecified atom stereocenters. The molecule has 0 spiro atoms. The summed E-state index contributed by atoms with van der Waals surface area (Å²) in [5.74, 6) is -0.563. The number of carbonyl (C=O) groups excluding carboxylic acids is 2. The fourth-order valence-corrected chi connectivity index (χ4v) is 3.20. The maximum absolute atomic E-state index is 12.8. The molecule has 7 nitrogen and oxygen atoms in total. The molecule has 0 aliphatic rings. The van der Waals surface area contributed by atoms with E-state index in [9.17, 15) is 9.59 Å². The van der Waals surface area contributed by atoms with Gasteiger partial charge in [-0.3, -0.25) is 9.80 Å². The van der Waals surface area contributed by atoms with Crippen molar-refractivity contribution in [1.82, 2.24) is 0 Å². The quantitative estimate of drug-likeness (QED) is 0.250. The summed E-state index contributed by atoms with van der Waals surface area (Å²) < 4.78 is 5.03. The number of hydrogen-bond donors (Lipinski definition) is 2. The van der Waals surface area contributed by atoms with Crippen LogP contribution >= 0.6 is 0 Å². The second-order valence-corrected chi connectivity index (χ2v) is 7.12. The number of esters is 1. The second kappa shape index (κ2) is 10.3. The molecule has 3 aromatic carbocycles. The van der Waals surface area contributed by atoms with Crippen LogP contribution in [-0.2, 0) is 4.74 Å². The SMILES string of the molecule is CCOC(=O)c1ccc(-c2cc(C(=O)Nc3ccc(N(C)/N=C\N)cc3)ccc2C)cc1. The summed E-state index contributed by atoms with van der Waals surface area (Å²) in [5, 5.41) is 8.52. The molecule has 0 radical (unpaired) electrons. The van der Waals surface area contributed by atoms with E-state index < -0.39 is 0 Å². The van der Waals surface area contributed by atoms with E-state index in [2.05, 4.69) is 10.4 Å². The maximum Gasteiger partial charge on any atom is 0.338 e. The highest BCUT2D eigenvalue weighted by molar-refractivity contribution is 6.05. The lowest BCUT2D eigenvalue weighted by Crippen LogP contribution is -2.13. The molecule has 0 saturated heterocycles. The Morgan fingerprint density at radius 3 is 2.31 bits per heavy atom. The van der Waals surface area contributed by atoms with Crippen LogP contribution in [0.5, 0.6) is 0 Å². The summed E-state index contributed by atoms with van der Waals surface area (Å²) >= 11 is 0. The predicted molar refractivity (Wildman–Crippen MR) is 128 cm³/mol. The summed E-state index contributed by atoms with van der Waals surface area (Å²) in [5.41, 5.74) is 10.7. The van der Waals surface area contributed by atoms with Gasteiger partial charge >= 0.3 is 5.97 Å². The summed E-state index contributed by atoms with van der Waals surface area (Å²) in [4.78, 5) is 24.7. The van der Waals surface area contributed by atoms with Gasteiger partial charge in [0.2, 0.25) is 0 Å². The smallest absolute Gasteiger partial charge is 0.338 e. The summed E-state index contributed by atoms with van der Waals surface area (Å²) in [6, 6.07) is 20.0. The Hall–Kier alpha value is -4.13. The van der Waals surface area contributed by atoms with Gasteiger partial charge < -0.3 is 15.8 Å². The summed E-state index contributed by atoms with van der Waals surface area (Å²) in [6.45, 7) is 4.09. The van der Waals surface area contributed by atoms with E-state index in [0.717, 1.165) is 22.4 Å². The normalized spacial score (nSPS) is 10.7. The molecule has 0 aromatic heterocycles. The van der Waals surface area contributed by atoms with Crippen LogP contribution in [0.15, 0.2) is 71.8 Å². The number of hydrazone groups is 1. The van der Waals surface area contributed by atoms with Crippen molar-refractivity contribution in [2.75, 3.05) is 24.0 Å². The Bertz CT molecular complexity index is 1120. The van der Waals surface area contributed by atoms with Crippen molar-refractivity contribution in [3.05, 3.63) is 83.4 Å². The minimum absolute atomic E-state index is 0.213. The molecule has 1 amide bonds. The Kier molecular flexibility index (Phi) is 7.23. The molecule has 0 atom stereocenters. The predicted octanol–water partition coefficient (Wildman–Crippen LogP) is 4.43. The van der Waals surface area contributed by atoms with E-state index in [1.807, 2.05) is 43.3 Å². The number of nitrogens with two attached hydrogens (primary N) is 1. The van der Waals surface area contributed by atoms with Gasteiger partial charge in [-0.2, -0.15) is 5.10 Å². The molecule has 3 rings (SSSR count). The molecule has 0 bridgehead atoms. The summed E-state index contributed by atoms with van der Waals surface area (Å²) in [7, 11) is 1.78. The van der Waals surface area contributed by atoms with Gasteiger partial charge in [-0.15, -0.1) is 0 Å². The number of nitrogens with zero attached hydrogens (tertiary/aromatic N) is 2. The maximum atomic E-state index is 12.8. The highest BCUT2D eigenvalue weighted by Crippen LogP contribution is 2.26. The monoisotopic (exact) mass is 430 g/mol. The van der Waals surface area contributed by atoms with Crippen molar-refractivity contribution in [3.8, 4) is 11.1 Å². The second-order valence-electron chi connectivity index (χ2n) is 7.12. The molecule has 0 aliphatic heterocycles. The van der Waals surface area contributed by atoms with Crippen molar-refractivity contribution in [2.24, 2.45) is 10.8 Å². The molecule has 3 aromatic rings. The highest BCUT2D eigenvalue weighted by Gasteiger charge is 2.12. The number of ether oxygens (including phenoxy) is 1. The van der Waals surface area contributed by atoms with Crippen molar-refractivity contribution in [1.29, 1.82) is 0 Å². The lowest BCUT2D eigenvalue weighted by molar-refractivity contribution is 0.0526. The van der Waals surface area contributed by atoms with Crippen molar-refractivity contribution in [3.63, 3.8) is 0 Å². The zero-order chi connectivity index (χ0) is 23.1. The van der Waals surface area contributed by atoms with Gasteiger partial charge in [-0.05, 0) is 79.1 Å².